The van der Waals surface area contributed by atoms with Crippen molar-refractivity contribution in [3.63, 3.8) is 0 Å². The smallest absolute Gasteiger partial charge is 0.271 e. The fraction of sp³-hybridized carbons (Fsp3) is 0.333. The predicted octanol–water partition coefficient (Wildman–Crippen LogP) is 0.123. The highest BCUT2D eigenvalue weighted by atomic mass is 79.9. The molecule has 0 radical (unpaired) electrons. The molecule has 8 heteroatoms. The van der Waals surface area contributed by atoms with E-state index in [1.54, 1.807) is 12.1 Å². The first-order valence-electron chi connectivity index (χ1n) is 4.73. The van der Waals surface area contributed by atoms with E-state index in [0.717, 1.165) is 6.26 Å². The van der Waals surface area contributed by atoms with Crippen LogP contribution < -0.4 is 10.0 Å². The standard InChI is InChI=1S/C9H12BrN3O3S/c1-17(15,16)13-6-5-12-9(14)8-7(10)3-2-4-11-8/h2-4,13H,5-6H2,1H3,(H,12,14). The Hall–Kier alpha value is -0.990. The average Bonchev–Trinajstić information content (AvgIpc) is 2.23. The van der Waals surface area contributed by atoms with Crippen molar-refractivity contribution >= 4 is 31.9 Å². The number of carbonyl (C=O) groups is 1. The Morgan fingerprint density at radius 1 is 1.47 bits per heavy atom. The summed E-state index contributed by atoms with van der Waals surface area (Å²) in [6, 6.07) is 3.41. The van der Waals surface area contributed by atoms with Crippen LogP contribution in [0.2, 0.25) is 0 Å². The first-order valence-corrected chi connectivity index (χ1v) is 7.42. The SMILES string of the molecule is CS(=O)(=O)NCCNC(=O)c1ncccc1Br. The van der Waals surface area contributed by atoms with Gasteiger partial charge in [0, 0.05) is 23.8 Å². The van der Waals surface area contributed by atoms with E-state index in [0.29, 0.717) is 4.47 Å². The molecule has 6 nitrogen and oxygen atoms in total. The van der Waals surface area contributed by atoms with E-state index >= 15 is 0 Å². The second kappa shape index (κ2) is 6.08. The Morgan fingerprint density at radius 2 is 2.18 bits per heavy atom. The number of hydrogen-bond acceptors (Lipinski definition) is 4. The second-order valence-electron chi connectivity index (χ2n) is 3.26. The van der Waals surface area contributed by atoms with Gasteiger partial charge in [-0.2, -0.15) is 0 Å². The minimum Gasteiger partial charge on any atom is -0.349 e. The molecule has 0 atom stereocenters. The van der Waals surface area contributed by atoms with Crippen molar-refractivity contribution in [2.24, 2.45) is 0 Å². The molecule has 0 unspecified atom stereocenters. The first kappa shape index (κ1) is 14.1. The number of hydrogen-bond donors (Lipinski definition) is 2. The van der Waals surface area contributed by atoms with Gasteiger partial charge in [-0.3, -0.25) is 4.79 Å². The molecule has 0 spiro atoms. The molecule has 0 fully saturated rings. The minimum absolute atomic E-state index is 0.148. The predicted molar refractivity (Wildman–Crippen MR) is 67.1 cm³/mol. The Morgan fingerprint density at radius 3 is 2.76 bits per heavy atom. The van der Waals surface area contributed by atoms with Crippen LogP contribution in [0.15, 0.2) is 22.8 Å². The number of pyridine rings is 1. The molecule has 17 heavy (non-hydrogen) atoms. The molecule has 94 valence electrons. The molecule has 0 bridgehead atoms. The largest absolute Gasteiger partial charge is 0.349 e. The van der Waals surface area contributed by atoms with Crippen molar-refractivity contribution < 1.29 is 13.2 Å². The summed E-state index contributed by atoms with van der Waals surface area (Å²) in [6.07, 6.45) is 2.57. The number of nitrogens with zero attached hydrogens (tertiary/aromatic N) is 1. The third-order valence-corrected chi connectivity index (χ3v) is 3.12. The Balaban J connectivity index is 2.44. The third-order valence-electron chi connectivity index (χ3n) is 1.75. The monoisotopic (exact) mass is 321 g/mol. The molecule has 1 aromatic heterocycles. The van der Waals surface area contributed by atoms with Crippen molar-refractivity contribution in [2.45, 2.75) is 0 Å². The van der Waals surface area contributed by atoms with Crippen LogP contribution in [0.3, 0.4) is 0 Å². The normalized spacial score (nSPS) is 11.2. The number of halogens is 1. The molecule has 0 aromatic carbocycles. The van der Waals surface area contributed by atoms with E-state index in [1.807, 2.05) is 0 Å². The van der Waals surface area contributed by atoms with Gasteiger partial charge in [0.1, 0.15) is 5.69 Å². The van der Waals surface area contributed by atoms with Crippen molar-refractivity contribution in [3.8, 4) is 0 Å². The van der Waals surface area contributed by atoms with Gasteiger partial charge in [-0.25, -0.2) is 18.1 Å². The fourth-order valence-corrected chi connectivity index (χ4v) is 1.96. The van der Waals surface area contributed by atoms with Crippen LogP contribution in [-0.2, 0) is 10.0 Å². The molecule has 1 amide bonds. The van der Waals surface area contributed by atoms with Crippen LogP contribution in [0, 0.1) is 0 Å². The number of sulfonamides is 1. The zero-order valence-electron chi connectivity index (χ0n) is 9.10. The van der Waals surface area contributed by atoms with E-state index in [2.05, 4.69) is 31.0 Å². The molecule has 0 aliphatic heterocycles. The third kappa shape index (κ3) is 5.24. The van der Waals surface area contributed by atoms with E-state index in [9.17, 15) is 13.2 Å². The van der Waals surface area contributed by atoms with Crippen molar-refractivity contribution in [2.75, 3.05) is 19.3 Å². The quantitative estimate of drug-likeness (QED) is 0.754. The van der Waals surface area contributed by atoms with Gasteiger partial charge < -0.3 is 5.32 Å². The fourth-order valence-electron chi connectivity index (χ4n) is 1.05. The summed E-state index contributed by atoms with van der Waals surface area (Å²) in [7, 11) is -3.22. The summed E-state index contributed by atoms with van der Waals surface area (Å²) in [5.41, 5.74) is 0.270. The molecule has 1 heterocycles. The summed E-state index contributed by atoms with van der Waals surface area (Å²) in [4.78, 5) is 15.5. The zero-order chi connectivity index (χ0) is 12.9. The van der Waals surface area contributed by atoms with Crippen molar-refractivity contribution in [1.82, 2.24) is 15.0 Å². The van der Waals surface area contributed by atoms with Gasteiger partial charge in [0.25, 0.3) is 5.91 Å². The lowest BCUT2D eigenvalue weighted by Crippen LogP contribution is -2.34. The molecule has 2 N–H and O–H groups in total. The molecular weight excluding hydrogens is 310 g/mol. The van der Waals surface area contributed by atoms with Gasteiger partial charge in [0.05, 0.1) is 6.26 Å². The van der Waals surface area contributed by atoms with Crippen LogP contribution in [-0.4, -0.2) is 38.7 Å². The lowest BCUT2D eigenvalue weighted by Gasteiger charge is -2.06. The molecule has 0 aliphatic rings. The molecule has 0 saturated heterocycles. The molecule has 0 aliphatic carbocycles. The van der Waals surface area contributed by atoms with Gasteiger partial charge in [-0.1, -0.05) is 0 Å². The maximum Gasteiger partial charge on any atom is 0.271 e. The molecule has 0 saturated carbocycles. The van der Waals surface area contributed by atoms with Crippen LogP contribution in [0.4, 0.5) is 0 Å². The topological polar surface area (TPSA) is 88.2 Å². The lowest BCUT2D eigenvalue weighted by molar-refractivity contribution is 0.0948. The summed E-state index contributed by atoms with van der Waals surface area (Å²) in [6.45, 7) is 0.351. The van der Waals surface area contributed by atoms with E-state index in [-0.39, 0.29) is 24.7 Å². The summed E-state index contributed by atoms with van der Waals surface area (Å²) in [5, 5.41) is 2.55. The van der Waals surface area contributed by atoms with Crippen molar-refractivity contribution in [1.29, 1.82) is 0 Å². The average molecular weight is 322 g/mol. The molecule has 1 rings (SSSR count). The first-order chi connectivity index (χ1) is 7.90. The molecule has 1 aromatic rings. The maximum absolute atomic E-state index is 11.6. The van der Waals surface area contributed by atoms with Gasteiger partial charge in [0.2, 0.25) is 10.0 Å². The van der Waals surface area contributed by atoms with Crippen LogP contribution in [0.25, 0.3) is 0 Å². The number of carbonyl (C=O) groups excluding carboxylic acids is 1. The summed E-state index contributed by atoms with van der Waals surface area (Å²) in [5.74, 6) is -0.354. The van der Waals surface area contributed by atoms with E-state index in [1.165, 1.54) is 6.20 Å². The van der Waals surface area contributed by atoms with Crippen LogP contribution >= 0.6 is 15.9 Å². The molecular formula is C9H12BrN3O3S. The number of aromatic nitrogens is 1. The lowest BCUT2D eigenvalue weighted by atomic mass is 10.3. The van der Waals surface area contributed by atoms with E-state index in [4.69, 9.17) is 0 Å². The van der Waals surface area contributed by atoms with Crippen LogP contribution in [0.5, 0.6) is 0 Å². The highest BCUT2D eigenvalue weighted by Crippen LogP contribution is 2.12. The number of nitrogens with one attached hydrogen (secondary N) is 2. The summed E-state index contributed by atoms with van der Waals surface area (Å²) >= 11 is 3.20. The Labute approximate surface area is 108 Å². The van der Waals surface area contributed by atoms with Gasteiger partial charge in [-0.05, 0) is 28.1 Å². The number of amides is 1. The highest BCUT2D eigenvalue weighted by molar-refractivity contribution is 9.10. The Bertz CT molecular complexity index is 504. The summed E-state index contributed by atoms with van der Waals surface area (Å²) < 4.78 is 24.4. The number of rotatable bonds is 5. The minimum atomic E-state index is -3.22. The van der Waals surface area contributed by atoms with Gasteiger partial charge >= 0.3 is 0 Å². The van der Waals surface area contributed by atoms with Crippen molar-refractivity contribution in [3.05, 3.63) is 28.5 Å². The second-order valence-corrected chi connectivity index (χ2v) is 5.94. The maximum atomic E-state index is 11.6. The Kier molecular flexibility index (Phi) is 5.03. The van der Waals surface area contributed by atoms with E-state index < -0.39 is 10.0 Å². The van der Waals surface area contributed by atoms with Crippen LogP contribution in [0.1, 0.15) is 10.5 Å². The van der Waals surface area contributed by atoms with Gasteiger partial charge in [0.15, 0.2) is 0 Å². The highest BCUT2D eigenvalue weighted by Gasteiger charge is 2.10. The van der Waals surface area contributed by atoms with Gasteiger partial charge in [-0.15, -0.1) is 0 Å². The zero-order valence-corrected chi connectivity index (χ0v) is 11.5.